The van der Waals surface area contributed by atoms with Gasteiger partial charge in [-0.15, -0.1) is 0 Å². The van der Waals surface area contributed by atoms with Crippen LogP contribution in [0.5, 0.6) is 0 Å². The highest BCUT2D eigenvalue weighted by atomic mass is 15.2. The molecule has 12 aromatic carbocycles. The van der Waals surface area contributed by atoms with Gasteiger partial charge in [0, 0.05) is 38.6 Å². The minimum absolute atomic E-state index is 1.07. The lowest BCUT2D eigenvalue weighted by Crippen LogP contribution is -2.13. The Morgan fingerprint density at radius 1 is 0.247 bits per heavy atom. The molecular formula is C70H47N3. The lowest BCUT2D eigenvalue weighted by molar-refractivity contribution is 1.15. The zero-order chi connectivity index (χ0) is 48.2. The first-order chi connectivity index (χ1) is 36.2. The minimum Gasteiger partial charge on any atom is -0.309 e. The molecule has 0 fully saturated rings. The van der Waals surface area contributed by atoms with Crippen LogP contribution >= 0.6 is 0 Å². The van der Waals surface area contributed by atoms with Crippen LogP contribution in [-0.4, -0.2) is 9.13 Å². The van der Waals surface area contributed by atoms with Gasteiger partial charge in [0.2, 0.25) is 0 Å². The van der Waals surface area contributed by atoms with E-state index in [2.05, 4.69) is 299 Å². The van der Waals surface area contributed by atoms with Crippen LogP contribution in [0.2, 0.25) is 0 Å². The second-order valence-electron chi connectivity index (χ2n) is 18.9. The molecule has 0 atom stereocenters. The molecule has 14 rings (SSSR count). The van der Waals surface area contributed by atoms with E-state index >= 15 is 0 Å². The van der Waals surface area contributed by atoms with Gasteiger partial charge >= 0.3 is 0 Å². The van der Waals surface area contributed by atoms with Crippen molar-refractivity contribution in [2.75, 3.05) is 4.90 Å². The van der Waals surface area contributed by atoms with Gasteiger partial charge in [0.25, 0.3) is 0 Å². The quantitative estimate of drug-likeness (QED) is 0.141. The zero-order valence-corrected chi connectivity index (χ0v) is 40.0. The first kappa shape index (κ1) is 42.2. The number of anilines is 3. The number of para-hydroxylation sites is 6. The summed E-state index contributed by atoms with van der Waals surface area (Å²) in [6, 6.07) is 104. The molecule has 0 aliphatic heterocycles. The van der Waals surface area contributed by atoms with Gasteiger partial charge in [-0.05, 0) is 128 Å². The number of hydrogen-bond donors (Lipinski definition) is 0. The fraction of sp³-hybridized carbons (Fsp3) is 0. The predicted octanol–water partition coefficient (Wildman–Crippen LogP) is 19.2. The predicted molar refractivity (Wildman–Crippen MR) is 309 cm³/mol. The maximum Gasteiger partial charge on any atom is 0.0702 e. The maximum atomic E-state index is 2.43. The van der Waals surface area contributed by atoms with Crippen molar-refractivity contribution in [1.29, 1.82) is 0 Å². The lowest BCUT2D eigenvalue weighted by Gasteiger charge is -2.29. The van der Waals surface area contributed by atoms with Crippen molar-refractivity contribution in [3.63, 3.8) is 0 Å². The van der Waals surface area contributed by atoms with Gasteiger partial charge in [-0.3, -0.25) is 0 Å². The van der Waals surface area contributed by atoms with Crippen LogP contribution in [0, 0.1) is 0 Å². The Bertz CT molecular complexity index is 4220. The summed E-state index contributed by atoms with van der Waals surface area (Å²) >= 11 is 0. The van der Waals surface area contributed by atoms with Crippen LogP contribution in [0.15, 0.2) is 285 Å². The summed E-state index contributed by atoms with van der Waals surface area (Å²) in [4.78, 5) is 2.41. The summed E-state index contributed by atoms with van der Waals surface area (Å²) in [5.41, 5.74) is 19.8. The normalized spacial score (nSPS) is 11.6. The highest BCUT2D eigenvalue weighted by Gasteiger charge is 2.21. The van der Waals surface area contributed by atoms with Crippen LogP contribution in [0.4, 0.5) is 17.1 Å². The Morgan fingerprint density at radius 2 is 0.616 bits per heavy atom. The van der Waals surface area contributed by atoms with E-state index in [4.69, 9.17) is 0 Å². The van der Waals surface area contributed by atoms with E-state index in [0.29, 0.717) is 0 Å². The molecule has 0 saturated carbocycles. The molecule has 0 aliphatic carbocycles. The van der Waals surface area contributed by atoms with Crippen LogP contribution < -0.4 is 4.90 Å². The van der Waals surface area contributed by atoms with Crippen LogP contribution in [-0.2, 0) is 0 Å². The molecule has 0 bridgehead atoms. The molecule has 3 heteroatoms. The number of nitrogens with zero attached hydrogens (tertiary/aromatic N) is 3. The molecule has 342 valence electrons. The first-order valence-electron chi connectivity index (χ1n) is 25.1. The van der Waals surface area contributed by atoms with Crippen LogP contribution in [0.3, 0.4) is 0 Å². The van der Waals surface area contributed by atoms with Gasteiger partial charge in [0.05, 0.1) is 33.4 Å². The number of benzene rings is 12. The molecule has 2 heterocycles. The van der Waals surface area contributed by atoms with Gasteiger partial charge in [-0.1, -0.05) is 212 Å². The van der Waals surface area contributed by atoms with E-state index < -0.39 is 0 Å². The molecule has 73 heavy (non-hydrogen) atoms. The summed E-state index contributed by atoms with van der Waals surface area (Å²) < 4.78 is 4.80. The van der Waals surface area contributed by atoms with Crippen LogP contribution in [0.1, 0.15) is 0 Å². The summed E-state index contributed by atoms with van der Waals surface area (Å²) in [7, 11) is 0. The van der Waals surface area contributed by atoms with Crippen molar-refractivity contribution in [2.24, 2.45) is 0 Å². The zero-order valence-electron chi connectivity index (χ0n) is 40.0. The smallest absolute Gasteiger partial charge is 0.0702 e. The Kier molecular flexibility index (Phi) is 10.2. The van der Waals surface area contributed by atoms with E-state index in [-0.39, 0.29) is 0 Å². The van der Waals surface area contributed by atoms with Crippen molar-refractivity contribution in [1.82, 2.24) is 9.13 Å². The van der Waals surface area contributed by atoms with Crippen molar-refractivity contribution in [3.8, 4) is 55.9 Å². The molecule has 0 unspecified atom stereocenters. The Hall–Kier alpha value is -9.70. The summed E-state index contributed by atoms with van der Waals surface area (Å²) in [6.45, 7) is 0. The fourth-order valence-corrected chi connectivity index (χ4v) is 11.3. The van der Waals surface area contributed by atoms with Gasteiger partial charge in [-0.25, -0.2) is 0 Å². The van der Waals surface area contributed by atoms with Crippen molar-refractivity contribution in [3.05, 3.63) is 285 Å². The lowest BCUT2D eigenvalue weighted by atomic mass is 9.91. The second kappa shape index (κ2) is 17.6. The highest BCUT2D eigenvalue weighted by molar-refractivity contribution is 6.11. The number of rotatable bonds is 9. The van der Waals surface area contributed by atoms with Gasteiger partial charge in [-0.2, -0.15) is 0 Å². The molecular weight excluding hydrogens is 883 g/mol. The third-order valence-electron chi connectivity index (χ3n) is 14.8. The molecule has 14 aromatic rings. The van der Waals surface area contributed by atoms with Crippen molar-refractivity contribution in [2.45, 2.75) is 0 Å². The Morgan fingerprint density at radius 3 is 1.11 bits per heavy atom. The summed E-state index contributed by atoms with van der Waals surface area (Å²) in [5.74, 6) is 0. The molecule has 0 spiro atoms. The third-order valence-corrected chi connectivity index (χ3v) is 14.8. The highest BCUT2D eigenvalue weighted by Crippen LogP contribution is 2.44. The van der Waals surface area contributed by atoms with E-state index in [0.717, 1.165) is 34.0 Å². The maximum absolute atomic E-state index is 2.43. The number of hydrogen-bond acceptors (Lipinski definition) is 1. The van der Waals surface area contributed by atoms with E-state index in [1.54, 1.807) is 0 Å². The largest absolute Gasteiger partial charge is 0.309 e. The van der Waals surface area contributed by atoms with Gasteiger partial charge in [0.15, 0.2) is 0 Å². The van der Waals surface area contributed by atoms with Gasteiger partial charge < -0.3 is 14.0 Å². The molecule has 3 nitrogen and oxygen atoms in total. The SMILES string of the molecule is c1ccc(-c2cccc3cccc(-c4ccc(N(c5ccc(-c6ccc(-c7ccc(-n8c9ccccc9c9ccccc98)cc7)cc6)cc5)c5ccccc5-n5c6ccccc6c6ccccc65)cc4)c23)cc1. The van der Waals surface area contributed by atoms with Gasteiger partial charge in [0.1, 0.15) is 0 Å². The van der Waals surface area contributed by atoms with Crippen molar-refractivity contribution >= 4 is 71.4 Å². The van der Waals surface area contributed by atoms with Crippen molar-refractivity contribution < 1.29 is 0 Å². The molecule has 0 N–H and O–H groups in total. The van der Waals surface area contributed by atoms with E-state index in [1.807, 2.05) is 0 Å². The summed E-state index contributed by atoms with van der Waals surface area (Å²) in [6.07, 6.45) is 0. The molecule has 0 amide bonds. The number of aromatic nitrogens is 2. The standard InChI is InChI=1S/C70H47N3/c1-2-16-52(17-3-1)58-24-14-18-54-19-15-25-59(70(54)58)53-40-46-56(47-41-53)71(68-30-12-13-31-69(68)73-66-28-10-6-22-62(66)63-23-7-11-29-67(63)73)55-42-36-50(37-43-55)48-32-34-49(35-33-48)51-38-44-57(45-39-51)72-64-26-8-4-20-60(64)61-21-5-9-27-65(61)72/h1-47H. The monoisotopic (exact) mass is 929 g/mol. The minimum atomic E-state index is 1.07. The summed E-state index contributed by atoms with van der Waals surface area (Å²) in [5, 5.41) is 7.50. The van der Waals surface area contributed by atoms with E-state index in [1.165, 1.54) is 93.3 Å². The molecule has 0 aliphatic rings. The Labute approximate surface area is 424 Å². The van der Waals surface area contributed by atoms with Crippen LogP contribution in [0.25, 0.3) is 110 Å². The topological polar surface area (TPSA) is 13.1 Å². The average Bonchev–Trinajstić information content (AvgIpc) is 4.00. The fourth-order valence-electron chi connectivity index (χ4n) is 11.3. The third kappa shape index (κ3) is 7.21. The Balaban J connectivity index is 0.836. The molecule has 0 saturated heterocycles. The second-order valence-corrected chi connectivity index (χ2v) is 18.9. The van der Waals surface area contributed by atoms with E-state index in [9.17, 15) is 0 Å². The first-order valence-corrected chi connectivity index (χ1v) is 25.1. The number of fused-ring (bicyclic) bond motifs is 7. The average molecular weight is 930 g/mol. The molecule has 2 aromatic heterocycles. The molecule has 0 radical (unpaired) electrons.